The molecule has 0 saturated carbocycles. The van der Waals surface area contributed by atoms with Crippen molar-refractivity contribution in [3.63, 3.8) is 0 Å². The Labute approximate surface area is 208 Å². The van der Waals surface area contributed by atoms with Gasteiger partial charge in [-0.1, -0.05) is 96.5 Å². The number of carboxylic acids is 1. The van der Waals surface area contributed by atoms with Crippen molar-refractivity contribution in [2.75, 3.05) is 6.61 Å². The summed E-state index contributed by atoms with van der Waals surface area (Å²) in [7, 11) is 0. The van der Waals surface area contributed by atoms with Crippen LogP contribution < -0.4 is 4.74 Å². The van der Waals surface area contributed by atoms with Gasteiger partial charge in [0.1, 0.15) is 11.4 Å². The zero-order valence-electron chi connectivity index (χ0n) is 19.0. The largest absolute Gasteiger partial charge is 0.493 e. The average molecular weight is 482 g/mol. The predicted octanol–water partition coefficient (Wildman–Crippen LogP) is 7.85. The fraction of sp³-hybridized carbons (Fsp3) is 0.100. The van der Waals surface area contributed by atoms with Crippen molar-refractivity contribution in [1.29, 1.82) is 0 Å². The molecule has 174 valence electrons. The van der Waals surface area contributed by atoms with Gasteiger partial charge in [0.2, 0.25) is 0 Å². The smallest absolute Gasteiger partial charge is 0.352 e. The minimum absolute atomic E-state index is 0.226. The van der Waals surface area contributed by atoms with Crippen LogP contribution >= 0.6 is 11.6 Å². The molecule has 1 aromatic heterocycles. The molecule has 0 aliphatic heterocycles. The first-order chi connectivity index (χ1) is 17.1. The van der Waals surface area contributed by atoms with E-state index in [4.69, 9.17) is 16.3 Å². The number of aryl methyl sites for hydroxylation is 1. The second-order valence-electron chi connectivity index (χ2n) is 8.34. The number of para-hydroxylation sites is 1. The molecule has 0 saturated heterocycles. The van der Waals surface area contributed by atoms with Crippen molar-refractivity contribution >= 4 is 51.4 Å². The SMILES string of the molecule is O=C(O)c1[nH]c2c(/C=C/c3ccccc3Cl)cccc2c1CCCOc1cccc2ccccc12. The Morgan fingerprint density at radius 3 is 2.40 bits per heavy atom. The maximum atomic E-state index is 12.0. The Balaban J connectivity index is 1.37. The first kappa shape index (κ1) is 22.8. The van der Waals surface area contributed by atoms with Crippen molar-refractivity contribution in [3.8, 4) is 5.75 Å². The van der Waals surface area contributed by atoms with Crippen molar-refractivity contribution in [2.24, 2.45) is 0 Å². The third-order valence-electron chi connectivity index (χ3n) is 6.11. The summed E-state index contributed by atoms with van der Waals surface area (Å²) in [6.45, 7) is 0.492. The van der Waals surface area contributed by atoms with E-state index >= 15 is 0 Å². The summed E-state index contributed by atoms with van der Waals surface area (Å²) in [5.74, 6) is -0.125. The number of benzene rings is 4. The number of rotatable bonds is 8. The average Bonchev–Trinajstić information content (AvgIpc) is 3.26. The number of hydrogen-bond acceptors (Lipinski definition) is 2. The summed E-state index contributed by atoms with van der Waals surface area (Å²) in [6, 6.07) is 27.6. The van der Waals surface area contributed by atoms with Crippen LogP contribution in [0.15, 0.2) is 84.9 Å². The molecule has 0 atom stereocenters. The number of hydrogen-bond donors (Lipinski definition) is 2. The van der Waals surface area contributed by atoms with Crippen LogP contribution in [0.4, 0.5) is 0 Å². The third kappa shape index (κ3) is 4.79. The maximum Gasteiger partial charge on any atom is 0.352 e. The lowest BCUT2D eigenvalue weighted by molar-refractivity contribution is 0.0690. The molecule has 35 heavy (non-hydrogen) atoms. The van der Waals surface area contributed by atoms with Crippen LogP contribution in [0.3, 0.4) is 0 Å². The van der Waals surface area contributed by atoms with E-state index in [1.54, 1.807) is 0 Å². The van der Waals surface area contributed by atoms with E-state index in [1.807, 2.05) is 84.9 Å². The van der Waals surface area contributed by atoms with Crippen molar-refractivity contribution in [2.45, 2.75) is 12.8 Å². The first-order valence-corrected chi connectivity index (χ1v) is 11.9. The number of aromatic carboxylic acids is 1. The Hall–Kier alpha value is -4.02. The fourth-order valence-corrected chi connectivity index (χ4v) is 4.62. The van der Waals surface area contributed by atoms with Crippen molar-refractivity contribution in [1.82, 2.24) is 4.98 Å². The molecule has 0 bridgehead atoms. The molecule has 1 heterocycles. The lowest BCUT2D eigenvalue weighted by Crippen LogP contribution is -2.04. The van der Waals surface area contributed by atoms with Gasteiger partial charge in [0.15, 0.2) is 0 Å². The van der Waals surface area contributed by atoms with Crippen molar-refractivity contribution in [3.05, 3.63) is 112 Å². The quantitative estimate of drug-likeness (QED) is 0.175. The topological polar surface area (TPSA) is 62.3 Å². The Bertz CT molecular complexity index is 1550. The Morgan fingerprint density at radius 2 is 1.54 bits per heavy atom. The zero-order chi connectivity index (χ0) is 24.2. The molecule has 0 amide bonds. The number of H-pyrrole nitrogens is 1. The molecule has 2 N–H and O–H groups in total. The standard InChI is InChI=1S/C30H24ClNO3/c31-26-15-4-2-9-21(26)17-18-22-11-5-13-24-25(29(30(33)34)32-28(22)24)14-7-19-35-27-16-6-10-20-8-1-3-12-23(20)27/h1-6,8-13,15-18,32H,7,14,19H2,(H,33,34)/b18-17+. The highest BCUT2D eigenvalue weighted by atomic mass is 35.5. The molecule has 5 aromatic rings. The second kappa shape index (κ2) is 10.1. The van der Waals surface area contributed by atoms with E-state index in [9.17, 15) is 9.90 Å². The minimum atomic E-state index is -0.966. The summed E-state index contributed by atoms with van der Waals surface area (Å²) in [5.41, 5.74) is 3.63. The van der Waals surface area contributed by atoms with Gasteiger partial charge in [0, 0.05) is 15.8 Å². The van der Waals surface area contributed by atoms with Crippen LogP contribution in [0, 0.1) is 0 Å². The summed E-state index contributed by atoms with van der Waals surface area (Å²) in [4.78, 5) is 15.2. The van der Waals surface area contributed by atoms with Crippen molar-refractivity contribution < 1.29 is 14.6 Å². The number of fused-ring (bicyclic) bond motifs is 2. The normalized spacial score (nSPS) is 11.5. The van der Waals surface area contributed by atoms with Gasteiger partial charge in [0.05, 0.1) is 12.1 Å². The number of aromatic nitrogens is 1. The van der Waals surface area contributed by atoms with Gasteiger partial charge < -0.3 is 14.8 Å². The monoisotopic (exact) mass is 481 g/mol. The molecule has 0 spiro atoms. The van der Waals surface area contributed by atoms with Gasteiger partial charge in [-0.15, -0.1) is 0 Å². The van der Waals surface area contributed by atoms with Gasteiger partial charge in [-0.2, -0.15) is 0 Å². The zero-order valence-corrected chi connectivity index (χ0v) is 19.8. The number of aromatic amines is 1. The Morgan fingerprint density at radius 1 is 0.857 bits per heavy atom. The van der Waals surface area contributed by atoms with E-state index in [-0.39, 0.29) is 5.69 Å². The number of ether oxygens (including phenoxy) is 1. The van der Waals surface area contributed by atoms with E-state index in [0.29, 0.717) is 24.5 Å². The molecule has 0 radical (unpaired) electrons. The Kier molecular flexibility index (Phi) is 6.55. The van der Waals surface area contributed by atoms with Crippen LogP contribution in [0.1, 0.15) is 33.6 Å². The highest BCUT2D eigenvalue weighted by molar-refractivity contribution is 6.32. The highest BCUT2D eigenvalue weighted by Crippen LogP contribution is 2.29. The highest BCUT2D eigenvalue weighted by Gasteiger charge is 2.18. The van der Waals surface area contributed by atoms with Gasteiger partial charge in [0.25, 0.3) is 0 Å². The van der Waals surface area contributed by atoms with Crippen LogP contribution in [0.2, 0.25) is 5.02 Å². The lowest BCUT2D eigenvalue weighted by Gasteiger charge is -2.09. The molecule has 0 unspecified atom stereocenters. The molecule has 0 fully saturated rings. The number of nitrogens with one attached hydrogen (secondary N) is 1. The molecule has 4 nitrogen and oxygen atoms in total. The summed E-state index contributed by atoms with van der Waals surface area (Å²) in [5, 5.41) is 13.6. The fourth-order valence-electron chi connectivity index (χ4n) is 4.42. The van der Waals surface area contributed by atoms with Crippen LogP contribution in [-0.4, -0.2) is 22.7 Å². The number of carboxylic acid groups (broad SMARTS) is 1. The second-order valence-corrected chi connectivity index (χ2v) is 8.74. The first-order valence-electron chi connectivity index (χ1n) is 11.5. The summed E-state index contributed by atoms with van der Waals surface area (Å²) in [6.07, 6.45) is 5.18. The molecule has 0 aliphatic rings. The lowest BCUT2D eigenvalue weighted by atomic mass is 10.0. The molecular weight excluding hydrogens is 458 g/mol. The molecular formula is C30H24ClNO3. The van der Waals surface area contributed by atoms with Crippen LogP contribution in [0.25, 0.3) is 33.8 Å². The number of halogens is 1. The van der Waals surface area contributed by atoms with E-state index in [2.05, 4.69) is 17.1 Å². The van der Waals surface area contributed by atoms with E-state index in [1.165, 1.54) is 0 Å². The maximum absolute atomic E-state index is 12.0. The van der Waals surface area contributed by atoms with Crippen LogP contribution in [0.5, 0.6) is 5.75 Å². The molecule has 5 heteroatoms. The molecule has 0 aliphatic carbocycles. The minimum Gasteiger partial charge on any atom is -0.493 e. The summed E-state index contributed by atoms with van der Waals surface area (Å²) >= 11 is 6.28. The third-order valence-corrected chi connectivity index (χ3v) is 6.46. The van der Waals surface area contributed by atoms with E-state index < -0.39 is 5.97 Å². The molecule has 5 rings (SSSR count). The number of carbonyl (C=O) groups is 1. The van der Waals surface area contributed by atoms with Gasteiger partial charge in [-0.05, 0) is 47.1 Å². The summed E-state index contributed by atoms with van der Waals surface area (Å²) < 4.78 is 6.07. The van der Waals surface area contributed by atoms with Gasteiger partial charge in [-0.3, -0.25) is 0 Å². The predicted molar refractivity (Wildman–Crippen MR) is 143 cm³/mol. The van der Waals surface area contributed by atoms with E-state index in [0.717, 1.165) is 44.1 Å². The van der Waals surface area contributed by atoms with Gasteiger partial charge in [-0.25, -0.2) is 4.79 Å². The van der Waals surface area contributed by atoms with Gasteiger partial charge >= 0.3 is 5.97 Å². The van der Waals surface area contributed by atoms with Crippen LogP contribution in [-0.2, 0) is 6.42 Å². The molecule has 4 aromatic carbocycles.